The lowest BCUT2D eigenvalue weighted by atomic mass is 9.70. The summed E-state index contributed by atoms with van der Waals surface area (Å²) in [6.07, 6.45) is 9.28. The summed E-state index contributed by atoms with van der Waals surface area (Å²) in [4.78, 5) is 43.3. The second-order valence-electron chi connectivity index (χ2n) is 14.3. The van der Waals surface area contributed by atoms with Gasteiger partial charge in [-0.2, -0.15) is 0 Å². The number of amides is 3. The quantitative estimate of drug-likeness (QED) is 0.357. The van der Waals surface area contributed by atoms with Gasteiger partial charge in [-0.3, -0.25) is 14.3 Å². The Kier molecular flexibility index (Phi) is 11.9. The zero-order valence-corrected chi connectivity index (χ0v) is 31.3. The van der Waals surface area contributed by atoms with E-state index in [4.69, 9.17) is 25.8 Å². The Morgan fingerprint density at radius 3 is 2.67 bits per heavy atom. The van der Waals surface area contributed by atoms with Gasteiger partial charge in [-0.05, 0) is 104 Å². The molecule has 0 spiro atoms. The Morgan fingerprint density at radius 1 is 1.06 bits per heavy atom. The molecule has 1 N–H and O–H groups in total. The number of nitrogens with one attached hydrogen (secondary N) is 1. The Bertz CT molecular complexity index is 1780. The van der Waals surface area contributed by atoms with Crippen molar-refractivity contribution in [2.45, 2.75) is 64.5 Å². The number of anilines is 1. The van der Waals surface area contributed by atoms with Crippen LogP contribution in [0.5, 0.6) is 5.75 Å². The molecule has 51 heavy (non-hydrogen) atoms. The summed E-state index contributed by atoms with van der Waals surface area (Å²) >= 11 is 6.46. The zero-order valence-electron chi connectivity index (χ0n) is 29.7. The van der Waals surface area contributed by atoms with E-state index in [2.05, 4.69) is 32.2 Å². The second kappa shape index (κ2) is 16.4. The van der Waals surface area contributed by atoms with Gasteiger partial charge in [-0.1, -0.05) is 36.7 Å². The summed E-state index contributed by atoms with van der Waals surface area (Å²) in [5.74, 6) is -0.651. The number of ether oxygens (including phenoxy) is 3. The summed E-state index contributed by atoms with van der Waals surface area (Å²) < 4.78 is 38.7. The van der Waals surface area contributed by atoms with Gasteiger partial charge in [0, 0.05) is 43.9 Å². The molecule has 276 valence electrons. The first kappa shape index (κ1) is 37.2. The van der Waals surface area contributed by atoms with Gasteiger partial charge in [-0.25, -0.2) is 9.00 Å². The summed E-state index contributed by atoms with van der Waals surface area (Å²) in [7, 11) is -0.527. The van der Waals surface area contributed by atoms with Crippen molar-refractivity contribution in [3.8, 4) is 5.75 Å². The highest BCUT2D eigenvalue weighted by molar-refractivity contribution is 7.92. The van der Waals surface area contributed by atoms with E-state index in [0.29, 0.717) is 55.1 Å². The third-order valence-corrected chi connectivity index (χ3v) is 12.9. The SMILES string of the molecule is COC(=O)N1CC[C@@H](C(=O)NS2(=O)=NC(=O)c3ccc4c(c3)N(Cc3ccc(Cl)cc3CCCCO4)C[C@@H]3CC[C@H]3[C@@H](OC)/C=C/C[C@H](C)C2)C1. The zero-order chi connectivity index (χ0) is 36.1. The molecule has 6 rings (SSSR count). The van der Waals surface area contributed by atoms with E-state index < -0.39 is 33.7 Å². The first-order valence-corrected chi connectivity index (χ1v) is 20.0. The number of hydrogen-bond acceptors (Lipinski definition) is 8. The molecule has 1 saturated heterocycles. The van der Waals surface area contributed by atoms with Gasteiger partial charge in [0.2, 0.25) is 5.91 Å². The number of allylic oxidation sites excluding steroid dienone is 1. The van der Waals surface area contributed by atoms with Gasteiger partial charge in [0.15, 0.2) is 0 Å². The van der Waals surface area contributed by atoms with E-state index in [0.717, 1.165) is 44.3 Å². The molecule has 0 radical (unpaired) electrons. The average molecular weight is 741 g/mol. The molecule has 3 heterocycles. The molecular formula is C38H49ClN4O7S. The van der Waals surface area contributed by atoms with Crippen LogP contribution < -0.4 is 14.4 Å². The number of methoxy groups -OCH3 is 2. The molecule has 2 aromatic carbocycles. The van der Waals surface area contributed by atoms with Crippen LogP contribution in [0.1, 0.15) is 66.9 Å². The minimum atomic E-state index is -3.56. The third-order valence-electron chi connectivity index (χ3n) is 10.7. The fourth-order valence-electron chi connectivity index (χ4n) is 7.68. The largest absolute Gasteiger partial charge is 0.491 e. The number of likely N-dealkylation sites (tertiary alicyclic amines) is 1. The van der Waals surface area contributed by atoms with Gasteiger partial charge >= 0.3 is 6.09 Å². The van der Waals surface area contributed by atoms with Crippen LogP contribution in [0.2, 0.25) is 5.02 Å². The van der Waals surface area contributed by atoms with E-state index in [1.54, 1.807) is 25.3 Å². The molecule has 1 unspecified atom stereocenters. The van der Waals surface area contributed by atoms with Gasteiger partial charge in [0.25, 0.3) is 5.91 Å². The topological polar surface area (TPSA) is 127 Å². The smallest absolute Gasteiger partial charge is 0.409 e. The molecular weight excluding hydrogens is 692 g/mol. The highest BCUT2D eigenvalue weighted by Gasteiger charge is 2.38. The Labute approximate surface area is 306 Å². The second-order valence-corrected chi connectivity index (χ2v) is 16.8. The van der Waals surface area contributed by atoms with Gasteiger partial charge in [0.05, 0.1) is 37.2 Å². The van der Waals surface area contributed by atoms with E-state index in [9.17, 15) is 18.6 Å². The van der Waals surface area contributed by atoms with Crippen molar-refractivity contribution in [3.05, 3.63) is 70.3 Å². The molecule has 2 aromatic rings. The molecule has 2 fully saturated rings. The van der Waals surface area contributed by atoms with Crippen molar-refractivity contribution in [1.82, 2.24) is 9.62 Å². The molecule has 1 saturated carbocycles. The lowest BCUT2D eigenvalue weighted by molar-refractivity contribution is -0.122. The summed E-state index contributed by atoms with van der Waals surface area (Å²) in [6.45, 7) is 4.24. The Balaban J connectivity index is 1.40. The Hall–Kier alpha value is -3.61. The van der Waals surface area contributed by atoms with E-state index in [1.165, 1.54) is 23.1 Å². The van der Waals surface area contributed by atoms with Crippen LogP contribution in [-0.4, -0.2) is 79.3 Å². The maximum Gasteiger partial charge on any atom is 0.409 e. The van der Waals surface area contributed by atoms with Gasteiger partial charge < -0.3 is 24.0 Å². The summed E-state index contributed by atoms with van der Waals surface area (Å²) in [5, 5.41) is 0.704. The normalized spacial score (nSPS) is 29.2. The number of aryl methyl sites for hydroxylation is 1. The number of rotatable bonds is 3. The van der Waals surface area contributed by atoms with Crippen LogP contribution in [0.15, 0.2) is 52.9 Å². The van der Waals surface area contributed by atoms with E-state index >= 15 is 0 Å². The van der Waals surface area contributed by atoms with Crippen LogP contribution >= 0.6 is 11.6 Å². The molecule has 6 atom stereocenters. The predicted molar refractivity (Wildman–Crippen MR) is 197 cm³/mol. The maximum atomic E-state index is 14.6. The maximum absolute atomic E-state index is 14.6. The van der Waals surface area contributed by atoms with Crippen LogP contribution in [0.3, 0.4) is 0 Å². The molecule has 4 aliphatic rings. The minimum Gasteiger partial charge on any atom is -0.491 e. The monoisotopic (exact) mass is 740 g/mol. The first-order valence-electron chi connectivity index (χ1n) is 18.0. The lowest BCUT2D eigenvalue weighted by Gasteiger charge is -2.43. The first-order chi connectivity index (χ1) is 24.6. The molecule has 11 nitrogen and oxygen atoms in total. The summed E-state index contributed by atoms with van der Waals surface area (Å²) in [5.41, 5.74) is 3.39. The number of carbonyl (C=O) groups excluding carboxylic acids is 3. The van der Waals surface area contributed by atoms with Gasteiger partial charge in [0.1, 0.15) is 15.7 Å². The van der Waals surface area contributed by atoms with E-state index in [-0.39, 0.29) is 29.9 Å². The number of carbonyl (C=O) groups is 3. The van der Waals surface area contributed by atoms with E-state index in [1.807, 2.05) is 19.1 Å². The van der Waals surface area contributed by atoms with Crippen molar-refractivity contribution in [2.75, 3.05) is 51.1 Å². The molecule has 3 aliphatic heterocycles. The lowest BCUT2D eigenvalue weighted by Crippen LogP contribution is -2.43. The number of fused-ring (bicyclic) bond motifs is 3. The third kappa shape index (κ3) is 8.89. The Morgan fingerprint density at radius 2 is 1.90 bits per heavy atom. The fraction of sp³-hybridized carbons (Fsp3) is 0.553. The molecule has 1 aliphatic carbocycles. The van der Waals surface area contributed by atoms with Crippen molar-refractivity contribution in [3.63, 3.8) is 0 Å². The standard InChI is InChI=1S/C38H49ClN4O7S/c1-25-7-6-9-34(48-2)32-14-11-29(32)22-43-21-28-10-13-31(39)19-26(28)8-4-5-18-50-35-15-12-27(20-33(35)43)36(44)40-51(47,24-25)41-37(45)30-16-17-42(23-30)38(46)49-3/h6,9-10,12-13,15,19-20,25,29-30,32,34H,4-5,7-8,11,14,16-18,21-24H2,1-3H3,(H,40,41,44,45,47)/b9-6+/t25-,29-,30+,32+,34-,51?/m0/s1. The number of halogens is 1. The molecule has 2 bridgehead atoms. The fourth-order valence-corrected chi connectivity index (χ4v) is 9.84. The summed E-state index contributed by atoms with van der Waals surface area (Å²) in [6, 6.07) is 11.3. The minimum absolute atomic E-state index is 0.0223. The highest BCUT2D eigenvalue weighted by Crippen LogP contribution is 2.42. The van der Waals surface area contributed by atoms with Crippen LogP contribution in [0, 0.1) is 23.7 Å². The molecule has 3 amide bonds. The van der Waals surface area contributed by atoms with Crippen molar-refractivity contribution in [1.29, 1.82) is 0 Å². The number of hydrogen-bond donors (Lipinski definition) is 1. The van der Waals surface area contributed by atoms with Crippen molar-refractivity contribution in [2.24, 2.45) is 28.0 Å². The number of nitrogens with zero attached hydrogens (tertiary/aromatic N) is 3. The average Bonchev–Trinajstić information content (AvgIpc) is 3.58. The van der Waals surface area contributed by atoms with Crippen molar-refractivity contribution < 1.29 is 32.8 Å². The van der Waals surface area contributed by atoms with Crippen LogP contribution in [0.4, 0.5) is 10.5 Å². The van der Waals surface area contributed by atoms with Crippen molar-refractivity contribution >= 4 is 45.1 Å². The van der Waals surface area contributed by atoms with Crippen LogP contribution in [0.25, 0.3) is 0 Å². The molecule has 0 aromatic heterocycles. The molecule has 13 heteroatoms. The van der Waals surface area contributed by atoms with Crippen LogP contribution in [-0.2, 0) is 37.1 Å². The van der Waals surface area contributed by atoms with Gasteiger partial charge in [-0.15, -0.1) is 4.36 Å². The predicted octanol–water partition coefficient (Wildman–Crippen LogP) is 6.43. The highest BCUT2D eigenvalue weighted by atomic mass is 35.5. The number of benzene rings is 2.